The fourth-order valence-electron chi connectivity index (χ4n) is 3.13. The molecule has 0 aliphatic heterocycles. The quantitative estimate of drug-likeness (QED) is 0.433. The van der Waals surface area contributed by atoms with Gasteiger partial charge in [0.1, 0.15) is 0 Å². The molecule has 0 aliphatic carbocycles. The van der Waals surface area contributed by atoms with Gasteiger partial charge in [0.2, 0.25) is 0 Å². The molecule has 158 valence electrons. The largest absolute Gasteiger partial charge is 0.389 e. The first-order valence-corrected chi connectivity index (χ1v) is 10.6. The van der Waals surface area contributed by atoms with Gasteiger partial charge in [-0.1, -0.05) is 24.3 Å². The normalized spacial score (nSPS) is 12.5. The molecule has 1 heterocycles. The lowest BCUT2D eigenvalue weighted by Gasteiger charge is -2.27. The van der Waals surface area contributed by atoms with E-state index in [0.29, 0.717) is 0 Å². The van der Waals surface area contributed by atoms with E-state index < -0.39 is 21.1 Å². The minimum Gasteiger partial charge on any atom is -0.389 e. The maximum Gasteiger partial charge on any atom is 0.271 e. The van der Waals surface area contributed by atoms with E-state index in [9.17, 15) is 23.6 Å². The number of aryl methyl sites for hydroxylation is 2. The van der Waals surface area contributed by atoms with Gasteiger partial charge in [0.25, 0.3) is 15.7 Å². The van der Waals surface area contributed by atoms with Gasteiger partial charge in [-0.25, -0.2) is 8.42 Å². The molecule has 0 saturated carbocycles. The van der Waals surface area contributed by atoms with Crippen LogP contribution in [-0.2, 0) is 16.6 Å². The number of nitro groups is 1. The second-order valence-electron chi connectivity index (χ2n) is 6.89. The Morgan fingerprint density at radius 2 is 1.83 bits per heavy atom. The molecule has 0 saturated heterocycles. The predicted octanol–water partition coefficient (Wildman–Crippen LogP) is 2.66. The molecule has 0 spiro atoms. The smallest absolute Gasteiger partial charge is 0.271 e. The van der Waals surface area contributed by atoms with E-state index in [1.807, 2.05) is 19.9 Å². The maximum absolute atomic E-state index is 13.3. The number of nitrogens with zero attached hydrogens (tertiary/aromatic N) is 4. The number of aliphatic hydroxyl groups is 1. The fraction of sp³-hybridized carbons (Fsp3) is 0.250. The Hall–Kier alpha value is -3.24. The number of benzene rings is 2. The Morgan fingerprint density at radius 1 is 1.13 bits per heavy atom. The highest BCUT2D eigenvalue weighted by molar-refractivity contribution is 7.92. The third-order valence-corrected chi connectivity index (χ3v) is 6.33. The van der Waals surface area contributed by atoms with Crippen LogP contribution in [0.15, 0.2) is 65.6 Å². The van der Waals surface area contributed by atoms with E-state index in [-0.39, 0.29) is 29.4 Å². The molecule has 30 heavy (non-hydrogen) atoms. The van der Waals surface area contributed by atoms with E-state index in [2.05, 4.69) is 5.10 Å². The molecular formula is C20H22N4O5S. The number of aliphatic hydroxyl groups excluding tert-OH is 1. The summed E-state index contributed by atoms with van der Waals surface area (Å²) in [6.07, 6.45) is -1.10. The lowest BCUT2D eigenvalue weighted by Crippen LogP contribution is -2.39. The number of hydrogen-bond donors (Lipinski definition) is 1. The number of sulfonamides is 1. The third kappa shape index (κ3) is 4.66. The van der Waals surface area contributed by atoms with Gasteiger partial charge in [-0.2, -0.15) is 5.10 Å². The zero-order valence-corrected chi connectivity index (χ0v) is 17.4. The van der Waals surface area contributed by atoms with Gasteiger partial charge in [0.15, 0.2) is 0 Å². The highest BCUT2D eigenvalue weighted by Crippen LogP contribution is 2.27. The van der Waals surface area contributed by atoms with E-state index in [0.717, 1.165) is 15.7 Å². The van der Waals surface area contributed by atoms with Crippen molar-refractivity contribution < 1.29 is 18.4 Å². The number of rotatable bonds is 8. The molecule has 0 fully saturated rings. The summed E-state index contributed by atoms with van der Waals surface area (Å²) in [5.41, 5.74) is 1.47. The number of nitro benzene ring substituents is 1. The van der Waals surface area contributed by atoms with Crippen molar-refractivity contribution in [3.63, 3.8) is 0 Å². The minimum absolute atomic E-state index is 0.0230. The first kappa shape index (κ1) is 21.5. The molecule has 0 bridgehead atoms. The lowest BCUT2D eigenvalue weighted by atomic mass is 10.2. The molecule has 0 aliphatic rings. The zero-order chi connectivity index (χ0) is 21.9. The summed E-state index contributed by atoms with van der Waals surface area (Å²) in [7, 11) is -4.07. The van der Waals surface area contributed by atoms with Crippen molar-refractivity contribution in [3.8, 4) is 0 Å². The molecule has 2 aromatic carbocycles. The van der Waals surface area contributed by atoms with Gasteiger partial charge in [-0.3, -0.25) is 19.1 Å². The van der Waals surface area contributed by atoms with E-state index in [1.54, 1.807) is 22.9 Å². The molecule has 3 rings (SSSR count). The summed E-state index contributed by atoms with van der Waals surface area (Å²) in [4.78, 5) is 10.6. The van der Waals surface area contributed by atoms with E-state index in [4.69, 9.17) is 0 Å². The Kier molecular flexibility index (Phi) is 6.18. The summed E-state index contributed by atoms with van der Waals surface area (Å²) in [5, 5.41) is 26.1. The molecule has 1 atom stereocenters. The number of anilines is 1. The van der Waals surface area contributed by atoms with Gasteiger partial charge in [0.05, 0.1) is 40.4 Å². The number of aromatic nitrogens is 2. The van der Waals surface area contributed by atoms with Gasteiger partial charge in [-0.15, -0.1) is 0 Å². The van der Waals surface area contributed by atoms with Crippen LogP contribution < -0.4 is 4.31 Å². The van der Waals surface area contributed by atoms with Gasteiger partial charge in [0, 0.05) is 17.8 Å². The molecular weight excluding hydrogens is 408 g/mol. The van der Waals surface area contributed by atoms with Crippen LogP contribution in [-0.4, -0.2) is 40.9 Å². The summed E-state index contributed by atoms with van der Waals surface area (Å²) >= 11 is 0. The van der Waals surface area contributed by atoms with Crippen LogP contribution in [0.1, 0.15) is 11.4 Å². The predicted molar refractivity (Wildman–Crippen MR) is 112 cm³/mol. The molecule has 9 nitrogen and oxygen atoms in total. The van der Waals surface area contributed by atoms with Crippen LogP contribution >= 0.6 is 0 Å². The Labute approximate surface area is 174 Å². The van der Waals surface area contributed by atoms with Gasteiger partial charge < -0.3 is 5.11 Å². The van der Waals surface area contributed by atoms with Crippen LogP contribution in [0.2, 0.25) is 0 Å². The molecule has 0 amide bonds. The molecule has 10 heteroatoms. The topological polar surface area (TPSA) is 119 Å². The molecule has 1 N–H and O–H groups in total. The van der Waals surface area contributed by atoms with Gasteiger partial charge in [-0.05, 0) is 38.1 Å². The summed E-state index contributed by atoms with van der Waals surface area (Å²) < 4.78 is 29.2. The van der Waals surface area contributed by atoms with Crippen LogP contribution in [0.25, 0.3) is 0 Å². The number of non-ortho nitro benzene ring substituents is 1. The standard InChI is InChI=1S/C20H22N4O5S/c1-15-11-16(2)22(21-15)13-19(25)14-23(17-7-6-8-18(12-17)24(26)27)30(28,29)20-9-4-3-5-10-20/h3-12,19,25H,13-14H2,1-2H3/t19-/m1/s1. The van der Waals surface area contributed by atoms with Crippen LogP contribution in [0.3, 0.4) is 0 Å². The average molecular weight is 430 g/mol. The first-order valence-electron chi connectivity index (χ1n) is 9.20. The highest BCUT2D eigenvalue weighted by atomic mass is 32.2. The Morgan fingerprint density at radius 3 is 2.43 bits per heavy atom. The molecule has 0 unspecified atom stereocenters. The SMILES string of the molecule is Cc1cc(C)n(C[C@@H](O)CN(c2cccc([N+](=O)[O-])c2)S(=O)(=O)c2ccccc2)n1. The lowest BCUT2D eigenvalue weighted by molar-refractivity contribution is -0.384. The highest BCUT2D eigenvalue weighted by Gasteiger charge is 2.28. The van der Waals surface area contributed by atoms with Crippen molar-refractivity contribution in [2.75, 3.05) is 10.8 Å². The second kappa shape index (κ2) is 8.64. The van der Waals surface area contributed by atoms with E-state index >= 15 is 0 Å². The summed E-state index contributed by atoms with van der Waals surface area (Å²) in [5.74, 6) is 0. The second-order valence-corrected chi connectivity index (χ2v) is 8.75. The van der Waals surface area contributed by atoms with E-state index in [1.165, 1.54) is 36.4 Å². The third-order valence-electron chi connectivity index (χ3n) is 4.52. The van der Waals surface area contributed by atoms with Crippen molar-refractivity contribution in [1.29, 1.82) is 0 Å². The Bertz CT molecular complexity index is 1150. The molecule has 1 aromatic heterocycles. The van der Waals surface area contributed by atoms with Crippen molar-refractivity contribution in [2.45, 2.75) is 31.4 Å². The molecule has 0 radical (unpaired) electrons. The summed E-state index contributed by atoms with van der Waals surface area (Å²) in [6, 6.07) is 14.9. The van der Waals surface area contributed by atoms with Crippen molar-refractivity contribution in [1.82, 2.24) is 9.78 Å². The first-order chi connectivity index (χ1) is 14.2. The van der Waals surface area contributed by atoms with Crippen molar-refractivity contribution in [2.24, 2.45) is 0 Å². The van der Waals surface area contributed by atoms with Gasteiger partial charge >= 0.3 is 0 Å². The average Bonchev–Trinajstić information content (AvgIpc) is 3.03. The van der Waals surface area contributed by atoms with Crippen LogP contribution in [0.4, 0.5) is 11.4 Å². The minimum atomic E-state index is -4.07. The zero-order valence-electron chi connectivity index (χ0n) is 16.5. The van der Waals surface area contributed by atoms with Crippen LogP contribution in [0, 0.1) is 24.0 Å². The summed E-state index contributed by atoms with van der Waals surface area (Å²) in [6.45, 7) is 3.45. The Balaban J connectivity index is 1.98. The fourth-order valence-corrected chi connectivity index (χ4v) is 4.65. The maximum atomic E-state index is 13.3. The van der Waals surface area contributed by atoms with Crippen molar-refractivity contribution >= 4 is 21.4 Å². The van der Waals surface area contributed by atoms with Crippen LogP contribution in [0.5, 0.6) is 0 Å². The monoisotopic (exact) mass is 430 g/mol. The van der Waals surface area contributed by atoms with Crippen molar-refractivity contribution in [3.05, 3.63) is 82.2 Å². The number of hydrogen-bond acceptors (Lipinski definition) is 6. The molecule has 3 aromatic rings.